The number of rotatable bonds is 4. The average molecular weight is 317 g/mol. The van der Waals surface area contributed by atoms with Gasteiger partial charge in [-0.1, -0.05) is 13.0 Å². The van der Waals surface area contributed by atoms with E-state index < -0.39 is 0 Å². The second kappa shape index (κ2) is 7.08. The van der Waals surface area contributed by atoms with Crippen molar-refractivity contribution in [3.63, 3.8) is 0 Å². The predicted molar refractivity (Wildman–Crippen MR) is 85.0 cm³/mol. The van der Waals surface area contributed by atoms with Crippen molar-refractivity contribution in [1.82, 2.24) is 15.6 Å². The third-order valence-corrected chi connectivity index (χ3v) is 4.61. The van der Waals surface area contributed by atoms with Crippen LogP contribution >= 0.6 is 0 Å². The third kappa shape index (κ3) is 3.52. The molecule has 1 unspecified atom stereocenters. The molecule has 2 saturated heterocycles. The van der Waals surface area contributed by atoms with Crippen molar-refractivity contribution in [1.29, 1.82) is 0 Å². The molecule has 0 saturated carbocycles. The summed E-state index contributed by atoms with van der Waals surface area (Å²) in [4.78, 5) is 28.6. The number of nitrogens with one attached hydrogen (secondary N) is 2. The number of aryl methyl sites for hydroxylation is 1. The van der Waals surface area contributed by atoms with Crippen molar-refractivity contribution in [2.45, 2.75) is 57.2 Å². The van der Waals surface area contributed by atoms with Crippen molar-refractivity contribution < 1.29 is 14.3 Å². The van der Waals surface area contributed by atoms with E-state index in [1.807, 2.05) is 19.1 Å². The third-order valence-electron chi connectivity index (χ3n) is 4.61. The zero-order valence-electron chi connectivity index (χ0n) is 13.4. The quantitative estimate of drug-likeness (QED) is 0.874. The Morgan fingerprint density at radius 3 is 3.09 bits per heavy atom. The summed E-state index contributed by atoms with van der Waals surface area (Å²) in [6, 6.07) is 3.49. The van der Waals surface area contributed by atoms with Gasteiger partial charge in [-0.15, -0.1) is 0 Å². The van der Waals surface area contributed by atoms with E-state index in [4.69, 9.17) is 4.74 Å². The maximum atomic E-state index is 12.6. The van der Waals surface area contributed by atoms with Gasteiger partial charge in [-0.3, -0.25) is 14.6 Å². The molecule has 0 bridgehead atoms. The largest absolute Gasteiger partial charge is 0.376 e. The lowest BCUT2D eigenvalue weighted by Gasteiger charge is -2.36. The first-order valence-corrected chi connectivity index (χ1v) is 8.34. The van der Waals surface area contributed by atoms with Crippen LogP contribution in [0.1, 0.15) is 48.7 Å². The second-order valence-corrected chi connectivity index (χ2v) is 6.13. The minimum atomic E-state index is -0.174. The van der Waals surface area contributed by atoms with Crippen LogP contribution in [0, 0.1) is 0 Å². The van der Waals surface area contributed by atoms with Crippen molar-refractivity contribution in [3.8, 4) is 0 Å². The van der Waals surface area contributed by atoms with Crippen LogP contribution < -0.4 is 10.6 Å². The Bertz CT molecular complexity index is 584. The van der Waals surface area contributed by atoms with Crippen LogP contribution in [0.2, 0.25) is 0 Å². The number of amides is 2. The molecule has 6 nitrogen and oxygen atoms in total. The molecule has 2 aliphatic heterocycles. The molecular weight excluding hydrogens is 294 g/mol. The predicted octanol–water partition coefficient (Wildman–Crippen LogP) is 1.20. The van der Waals surface area contributed by atoms with Gasteiger partial charge in [0.1, 0.15) is 5.69 Å². The topological polar surface area (TPSA) is 80.3 Å². The highest BCUT2D eigenvalue weighted by molar-refractivity contribution is 5.94. The lowest BCUT2D eigenvalue weighted by molar-refractivity contribution is -0.125. The summed E-state index contributed by atoms with van der Waals surface area (Å²) in [5, 5.41) is 6.06. The number of carbonyl (C=O) groups excluding carboxylic acids is 2. The fourth-order valence-corrected chi connectivity index (χ4v) is 3.39. The second-order valence-electron chi connectivity index (χ2n) is 6.13. The lowest BCUT2D eigenvalue weighted by atomic mass is 9.92. The Labute approximate surface area is 136 Å². The molecule has 3 atom stereocenters. The Morgan fingerprint density at radius 1 is 1.48 bits per heavy atom. The monoisotopic (exact) mass is 317 g/mol. The smallest absolute Gasteiger partial charge is 0.270 e. The van der Waals surface area contributed by atoms with E-state index in [2.05, 4.69) is 15.6 Å². The van der Waals surface area contributed by atoms with Crippen LogP contribution in [-0.4, -0.2) is 41.6 Å². The molecule has 3 rings (SSSR count). The van der Waals surface area contributed by atoms with Gasteiger partial charge in [-0.05, 0) is 37.3 Å². The molecule has 0 aliphatic carbocycles. The molecule has 0 radical (unpaired) electrons. The molecule has 1 aromatic rings. The Hall–Kier alpha value is -1.95. The number of hydrogen-bond acceptors (Lipinski definition) is 4. The normalized spacial score (nSPS) is 27.5. The highest BCUT2D eigenvalue weighted by atomic mass is 16.5. The highest BCUT2D eigenvalue weighted by Crippen LogP contribution is 2.23. The fraction of sp³-hybridized carbons (Fsp3) is 0.588. The van der Waals surface area contributed by atoms with Crippen LogP contribution in [0.4, 0.5) is 0 Å². The standard InChI is InChI=1S/C17H23N3O3/c1-2-11-5-3-9-18-15(11)17(22)19-12-7-8-14(21)20-16(12)13-6-4-10-23-13/h3,5,9,12-13,16H,2,4,6-8,10H2,1H3,(H,19,22)(H,20,21)/t12-,13?,16-/m1/s1. The van der Waals surface area contributed by atoms with Gasteiger partial charge in [-0.2, -0.15) is 0 Å². The van der Waals surface area contributed by atoms with Gasteiger partial charge in [0, 0.05) is 19.2 Å². The van der Waals surface area contributed by atoms with Crippen LogP contribution in [0.25, 0.3) is 0 Å². The summed E-state index contributed by atoms with van der Waals surface area (Å²) in [6.45, 7) is 2.72. The number of nitrogens with zero attached hydrogens (tertiary/aromatic N) is 1. The van der Waals surface area contributed by atoms with Crippen LogP contribution in [0.15, 0.2) is 18.3 Å². The van der Waals surface area contributed by atoms with Gasteiger partial charge in [0.25, 0.3) is 5.91 Å². The minimum Gasteiger partial charge on any atom is -0.376 e. The maximum Gasteiger partial charge on any atom is 0.270 e. The minimum absolute atomic E-state index is 0.0149. The van der Waals surface area contributed by atoms with Crippen molar-refractivity contribution in [2.75, 3.05) is 6.61 Å². The number of aromatic nitrogens is 1. The van der Waals surface area contributed by atoms with E-state index in [1.54, 1.807) is 6.20 Å². The van der Waals surface area contributed by atoms with Gasteiger partial charge in [0.15, 0.2) is 0 Å². The van der Waals surface area contributed by atoms with Gasteiger partial charge < -0.3 is 15.4 Å². The van der Waals surface area contributed by atoms with E-state index in [0.717, 1.165) is 31.4 Å². The average Bonchev–Trinajstić information content (AvgIpc) is 3.10. The number of ether oxygens (including phenoxy) is 1. The molecule has 124 valence electrons. The van der Waals surface area contributed by atoms with Crippen LogP contribution in [0.3, 0.4) is 0 Å². The Morgan fingerprint density at radius 2 is 2.35 bits per heavy atom. The van der Waals surface area contributed by atoms with E-state index in [9.17, 15) is 9.59 Å². The number of carbonyl (C=O) groups is 2. The lowest BCUT2D eigenvalue weighted by Crippen LogP contribution is -2.60. The van der Waals surface area contributed by atoms with E-state index in [0.29, 0.717) is 18.5 Å². The molecule has 2 amide bonds. The van der Waals surface area contributed by atoms with Gasteiger partial charge in [0.05, 0.1) is 18.2 Å². The highest BCUT2D eigenvalue weighted by Gasteiger charge is 2.37. The summed E-state index contributed by atoms with van der Waals surface area (Å²) in [6.07, 6.45) is 5.35. The molecule has 3 heterocycles. The molecule has 2 N–H and O–H groups in total. The van der Waals surface area contributed by atoms with Gasteiger partial charge in [0.2, 0.25) is 5.91 Å². The van der Waals surface area contributed by atoms with E-state index in [-0.39, 0.29) is 30.0 Å². The maximum absolute atomic E-state index is 12.6. The number of hydrogen-bond donors (Lipinski definition) is 2. The first-order valence-electron chi connectivity index (χ1n) is 8.34. The van der Waals surface area contributed by atoms with Gasteiger partial charge in [-0.25, -0.2) is 0 Å². The summed E-state index contributed by atoms with van der Waals surface area (Å²) in [5.74, 6) is -0.144. The van der Waals surface area contributed by atoms with E-state index in [1.165, 1.54) is 0 Å². The molecular formula is C17H23N3O3. The molecule has 0 aromatic carbocycles. The number of pyridine rings is 1. The van der Waals surface area contributed by atoms with Crippen LogP contribution in [-0.2, 0) is 16.0 Å². The summed E-state index contributed by atoms with van der Waals surface area (Å²) >= 11 is 0. The molecule has 2 aliphatic rings. The SMILES string of the molecule is CCc1cccnc1C(=O)N[C@@H]1CCC(=O)N[C@H]1C1CCCO1. The van der Waals surface area contributed by atoms with Crippen molar-refractivity contribution in [2.24, 2.45) is 0 Å². The molecule has 23 heavy (non-hydrogen) atoms. The molecule has 2 fully saturated rings. The van der Waals surface area contributed by atoms with Gasteiger partial charge >= 0.3 is 0 Å². The summed E-state index contributed by atoms with van der Waals surface area (Å²) < 4.78 is 5.72. The first kappa shape index (κ1) is 15.9. The Balaban J connectivity index is 1.73. The number of piperidine rings is 1. The molecule has 0 spiro atoms. The summed E-state index contributed by atoms with van der Waals surface area (Å²) in [5.41, 5.74) is 1.40. The zero-order chi connectivity index (χ0) is 16.2. The van der Waals surface area contributed by atoms with Crippen molar-refractivity contribution >= 4 is 11.8 Å². The first-order chi connectivity index (χ1) is 11.2. The van der Waals surface area contributed by atoms with Crippen LogP contribution in [0.5, 0.6) is 0 Å². The Kier molecular flexibility index (Phi) is 4.91. The zero-order valence-corrected chi connectivity index (χ0v) is 13.4. The molecule has 1 aromatic heterocycles. The molecule has 6 heteroatoms. The fourth-order valence-electron chi connectivity index (χ4n) is 3.39. The van der Waals surface area contributed by atoms with Crippen molar-refractivity contribution in [3.05, 3.63) is 29.6 Å². The van der Waals surface area contributed by atoms with E-state index >= 15 is 0 Å². The summed E-state index contributed by atoms with van der Waals surface area (Å²) in [7, 11) is 0.